The Morgan fingerprint density at radius 3 is 2.88 bits per heavy atom. The minimum Gasteiger partial charge on any atom is -0.454 e. The third-order valence-electron chi connectivity index (χ3n) is 2.02. The highest BCUT2D eigenvalue weighted by molar-refractivity contribution is 5.50. The molecule has 0 saturated heterocycles. The zero-order valence-electron chi connectivity index (χ0n) is 9.06. The Hall–Kier alpha value is -2.36. The van der Waals surface area contributed by atoms with Crippen LogP contribution in [-0.4, -0.2) is 18.5 Å². The van der Waals surface area contributed by atoms with Crippen molar-refractivity contribution in [2.45, 2.75) is 0 Å². The predicted octanol–water partition coefficient (Wildman–Crippen LogP) is 1.32. The maximum atomic E-state index is 8.42. The number of allylic oxidation sites excluding steroid dienone is 2. The van der Waals surface area contributed by atoms with Crippen LogP contribution < -0.4 is 9.47 Å². The minimum atomic E-state index is -0.139. The van der Waals surface area contributed by atoms with Crippen molar-refractivity contribution in [3.63, 3.8) is 0 Å². The molecule has 1 aromatic rings. The van der Waals surface area contributed by atoms with Gasteiger partial charge in [0.05, 0.1) is 0 Å². The van der Waals surface area contributed by atoms with Gasteiger partial charge in [-0.1, -0.05) is 23.7 Å². The van der Waals surface area contributed by atoms with E-state index in [0.29, 0.717) is 0 Å². The number of benzene rings is 1. The molecule has 1 aromatic carbocycles. The fourth-order valence-electron chi connectivity index (χ4n) is 1.29. The van der Waals surface area contributed by atoms with E-state index in [1.807, 2.05) is 18.2 Å². The molecular weight excluding hydrogens is 216 g/mol. The Morgan fingerprint density at radius 2 is 2.00 bits per heavy atom. The van der Waals surface area contributed by atoms with Crippen molar-refractivity contribution in [3.05, 3.63) is 35.9 Å². The molecule has 1 aliphatic rings. The van der Waals surface area contributed by atoms with Crippen LogP contribution in [0.5, 0.6) is 11.5 Å². The molecule has 1 heterocycles. The topological polar surface area (TPSA) is 38.7 Å². The highest BCUT2D eigenvalue weighted by Crippen LogP contribution is 2.32. The zero-order valence-corrected chi connectivity index (χ0v) is 9.06. The number of fused-ring (bicyclic) bond motifs is 1. The van der Waals surface area contributed by atoms with Crippen LogP contribution in [0.2, 0.25) is 0 Å². The summed E-state index contributed by atoms with van der Waals surface area (Å²) in [4.78, 5) is 0. The van der Waals surface area contributed by atoms with Crippen molar-refractivity contribution in [3.8, 4) is 35.2 Å². The molecular formula is C14H10O3. The Bertz CT molecular complexity index is 550. The van der Waals surface area contributed by atoms with Crippen LogP contribution in [0.3, 0.4) is 0 Å². The highest BCUT2D eigenvalue weighted by Gasteiger charge is 2.11. The van der Waals surface area contributed by atoms with Crippen molar-refractivity contribution in [2.24, 2.45) is 0 Å². The SMILES string of the molecule is OCC#C/C=C/C#Cc1ccc2c(c1)OCO2. The summed E-state index contributed by atoms with van der Waals surface area (Å²) in [6, 6.07) is 5.54. The first kappa shape index (κ1) is 11.1. The van der Waals surface area contributed by atoms with E-state index in [0.717, 1.165) is 17.1 Å². The molecule has 0 atom stereocenters. The monoisotopic (exact) mass is 226 g/mol. The molecule has 0 bridgehead atoms. The molecule has 84 valence electrons. The largest absolute Gasteiger partial charge is 0.454 e. The molecule has 0 unspecified atom stereocenters. The van der Waals surface area contributed by atoms with Crippen LogP contribution in [0, 0.1) is 23.7 Å². The highest BCUT2D eigenvalue weighted by atomic mass is 16.7. The normalized spacial score (nSPS) is 11.6. The van der Waals surface area contributed by atoms with E-state index in [9.17, 15) is 0 Å². The molecule has 1 N–H and O–H groups in total. The summed E-state index contributed by atoms with van der Waals surface area (Å²) in [5, 5.41) is 8.42. The first-order valence-electron chi connectivity index (χ1n) is 5.05. The van der Waals surface area contributed by atoms with Crippen LogP contribution in [-0.2, 0) is 0 Å². The van der Waals surface area contributed by atoms with E-state index in [1.165, 1.54) is 0 Å². The van der Waals surface area contributed by atoms with Crippen molar-refractivity contribution in [2.75, 3.05) is 13.4 Å². The summed E-state index contributed by atoms with van der Waals surface area (Å²) in [6.07, 6.45) is 3.23. The average Bonchev–Trinajstić information content (AvgIpc) is 2.81. The van der Waals surface area contributed by atoms with Crippen LogP contribution in [0.25, 0.3) is 0 Å². The summed E-state index contributed by atoms with van der Waals surface area (Å²) in [6.45, 7) is 0.128. The van der Waals surface area contributed by atoms with Gasteiger partial charge in [-0.3, -0.25) is 0 Å². The Morgan fingerprint density at radius 1 is 1.18 bits per heavy atom. The Balaban J connectivity index is 2.04. The molecule has 17 heavy (non-hydrogen) atoms. The molecule has 0 amide bonds. The summed E-state index contributed by atoms with van der Waals surface area (Å²) in [7, 11) is 0. The van der Waals surface area contributed by atoms with Crippen LogP contribution in [0.1, 0.15) is 5.56 Å². The Labute approximate surface area is 99.7 Å². The molecule has 3 heteroatoms. The van der Waals surface area contributed by atoms with Gasteiger partial charge in [-0.25, -0.2) is 0 Å². The molecule has 0 aromatic heterocycles. The third kappa shape index (κ3) is 3.04. The smallest absolute Gasteiger partial charge is 0.231 e. The number of aliphatic hydroxyl groups is 1. The van der Waals surface area contributed by atoms with Crippen molar-refractivity contribution >= 4 is 0 Å². The van der Waals surface area contributed by atoms with Crippen LogP contribution in [0.15, 0.2) is 30.4 Å². The standard InChI is InChI=1S/C14H10O3/c15-9-5-3-1-2-4-6-12-7-8-13-14(10-12)17-11-16-13/h1-2,7-8,10,15H,9,11H2/b2-1+. The van der Waals surface area contributed by atoms with Gasteiger partial charge in [-0.15, -0.1) is 0 Å². The molecule has 3 nitrogen and oxygen atoms in total. The molecule has 1 aliphatic heterocycles. The number of aliphatic hydroxyl groups excluding tert-OH is 1. The summed E-state index contributed by atoms with van der Waals surface area (Å²) in [5.74, 6) is 12.4. The molecule has 0 spiro atoms. The second kappa shape index (κ2) is 5.65. The first-order valence-corrected chi connectivity index (χ1v) is 5.05. The van der Waals surface area contributed by atoms with Gasteiger partial charge in [-0.05, 0) is 30.4 Å². The van der Waals surface area contributed by atoms with E-state index >= 15 is 0 Å². The van der Waals surface area contributed by atoms with Gasteiger partial charge in [0.2, 0.25) is 6.79 Å². The second-order valence-corrected chi connectivity index (χ2v) is 3.15. The molecule has 2 rings (SSSR count). The van der Waals surface area contributed by atoms with E-state index < -0.39 is 0 Å². The fourth-order valence-corrected chi connectivity index (χ4v) is 1.29. The summed E-state index contributed by atoms with van der Waals surface area (Å²) in [5.41, 5.74) is 0.856. The molecule has 0 aliphatic carbocycles. The van der Waals surface area contributed by atoms with Crippen molar-refractivity contribution < 1.29 is 14.6 Å². The average molecular weight is 226 g/mol. The van der Waals surface area contributed by atoms with Crippen LogP contribution in [0.4, 0.5) is 0 Å². The first-order chi connectivity index (χ1) is 8.40. The maximum absolute atomic E-state index is 8.42. The minimum absolute atomic E-state index is 0.139. The van der Waals surface area contributed by atoms with E-state index in [2.05, 4.69) is 23.7 Å². The molecule has 0 radical (unpaired) electrons. The van der Waals surface area contributed by atoms with Gasteiger partial charge < -0.3 is 14.6 Å². The van der Waals surface area contributed by atoms with Gasteiger partial charge in [0.15, 0.2) is 11.5 Å². The lowest BCUT2D eigenvalue weighted by molar-refractivity contribution is 0.174. The number of ether oxygens (including phenoxy) is 2. The third-order valence-corrected chi connectivity index (χ3v) is 2.02. The summed E-state index contributed by atoms with van der Waals surface area (Å²) >= 11 is 0. The number of hydrogen-bond donors (Lipinski definition) is 1. The number of hydrogen-bond acceptors (Lipinski definition) is 3. The van der Waals surface area contributed by atoms with Crippen molar-refractivity contribution in [1.82, 2.24) is 0 Å². The lowest BCUT2D eigenvalue weighted by Gasteiger charge is -1.94. The quantitative estimate of drug-likeness (QED) is 0.678. The van der Waals surface area contributed by atoms with E-state index in [1.54, 1.807) is 12.2 Å². The van der Waals surface area contributed by atoms with Gasteiger partial charge in [0.1, 0.15) is 6.61 Å². The second-order valence-electron chi connectivity index (χ2n) is 3.15. The number of rotatable bonds is 0. The maximum Gasteiger partial charge on any atom is 0.231 e. The van der Waals surface area contributed by atoms with Crippen molar-refractivity contribution in [1.29, 1.82) is 0 Å². The van der Waals surface area contributed by atoms with E-state index in [-0.39, 0.29) is 13.4 Å². The van der Waals surface area contributed by atoms with Crippen LogP contribution >= 0.6 is 0 Å². The summed E-state index contributed by atoms with van der Waals surface area (Å²) < 4.78 is 10.4. The van der Waals surface area contributed by atoms with Gasteiger partial charge in [0, 0.05) is 5.56 Å². The van der Waals surface area contributed by atoms with Gasteiger partial charge in [0.25, 0.3) is 0 Å². The lowest BCUT2D eigenvalue weighted by atomic mass is 10.2. The van der Waals surface area contributed by atoms with Gasteiger partial charge in [-0.2, -0.15) is 0 Å². The lowest BCUT2D eigenvalue weighted by Crippen LogP contribution is -1.92. The van der Waals surface area contributed by atoms with Gasteiger partial charge >= 0.3 is 0 Å². The zero-order chi connectivity index (χ0) is 11.9. The van der Waals surface area contributed by atoms with E-state index in [4.69, 9.17) is 14.6 Å². The fraction of sp³-hybridized carbons (Fsp3) is 0.143. The predicted molar refractivity (Wildman–Crippen MR) is 63.4 cm³/mol. The Kier molecular flexibility index (Phi) is 3.70. The molecule has 0 saturated carbocycles. The molecule has 0 fully saturated rings.